The van der Waals surface area contributed by atoms with E-state index in [2.05, 4.69) is 10.6 Å². The summed E-state index contributed by atoms with van der Waals surface area (Å²) in [5, 5.41) is 5.03. The van der Waals surface area contributed by atoms with Gasteiger partial charge in [-0.05, 0) is 68.3 Å². The molecule has 0 radical (unpaired) electrons. The molecular weight excluding hydrogens is 486 g/mol. The lowest BCUT2D eigenvalue weighted by molar-refractivity contribution is -0.122. The number of rotatable bonds is 8. The van der Waals surface area contributed by atoms with Crippen molar-refractivity contribution >= 4 is 41.2 Å². The summed E-state index contributed by atoms with van der Waals surface area (Å²) in [6.45, 7) is 5.76. The highest BCUT2D eigenvalue weighted by atomic mass is 16.5. The van der Waals surface area contributed by atoms with Gasteiger partial charge in [0.25, 0.3) is 17.7 Å². The molecule has 0 bridgehead atoms. The molecule has 1 heterocycles. The van der Waals surface area contributed by atoms with Crippen molar-refractivity contribution in [2.75, 3.05) is 23.4 Å². The zero-order valence-electron chi connectivity index (χ0n) is 21.2. The Morgan fingerprint density at radius 1 is 0.947 bits per heavy atom. The van der Waals surface area contributed by atoms with Crippen LogP contribution in [-0.4, -0.2) is 37.0 Å². The number of carbonyl (C=O) groups excluding carboxylic acids is 4. The number of nitrogens with one attached hydrogen (secondary N) is 2. The van der Waals surface area contributed by atoms with E-state index in [9.17, 15) is 19.2 Å². The number of carbonyl (C=O) groups is 4. The van der Waals surface area contributed by atoms with Crippen molar-refractivity contribution in [1.82, 2.24) is 5.32 Å². The largest absolute Gasteiger partial charge is 0.490 e. The molecule has 0 unspecified atom stereocenters. The van der Waals surface area contributed by atoms with Crippen molar-refractivity contribution in [1.29, 1.82) is 0 Å². The van der Waals surface area contributed by atoms with E-state index in [4.69, 9.17) is 9.47 Å². The van der Waals surface area contributed by atoms with Gasteiger partial charge in [-0.15, -0.1) is 0 Å². The van der Waals surface area contributed by atoms with Crippen LogP contribution < -0.4 is 25.0 Å². The van der Waals surface area contributed by atoms with Gasteiger partial charge in [0.2, 0.25) is 0 Å². The Hall–Kier alpha value is -4.92. The molecule has 0 aromatic heterocycles. The molecule has 1 saturated heterocycles. The van der Waals surface area contributed by atoms with Gasteiger partial charge in [0.05, 0.1) is 12.3 Å². The van der Waals surface area contributed by atoms with Gasteiger partial charge >= 0.3 is 6.03 Å². The average Bonchev–Trinajstić information content (AvgIpc) is 2.88. The fourth-order valence-electron chi connectivity index (χ4n) is 3.92. The second-order valence-electron chi connectivity index (χ2n) is 8.59. The molecule has 0 atom stereocenters. The van der Waals surface area contributed by atoms with Crippen LogP contribution in [0.2, 0.25) is 0 Å². The molecule has 3 aromatic rings. The SMILES string of the molecule is CCOc1cc(/C=C2/C(=O)NC(=O)N(c3ccccc3)C2=O)ccc1OCC(=O)Nc1ccc(C)cc1C. The highest BCUT2D eigenvalue weighted by Gasteiger charge is 2.36. The minimum absolute atomic E-state index is 0.211. The third-order valence-electron chi connectivity index (χ3n) is 5.71. The molecule has 3 aromatic carbocycles. The Labute approximate surface area is 220 Å². The molecule has 0 saturated carbocycles. The number of nitrogens with zero attached hydrogens (tertiary/aromatic N) is 1. The van der Waals surface area contributed by atoms with Crippen molar-refractivity contribution in [2.24, 2.45) is 0 Å². The first-order valence-corrected chi connectivity index (χ1v) is 12.0. The Morgan fingerprint density at radius 3 is 2.42 bits per heavy atom. The van der Waals surface area contributed by atoms with E-state index in [1.165, 1.54) is 6.08 Å². The first kappa shape index (κ1) is 26.2. The van der Waals surface area contributed by atoms with Crippen LogP contribution in [0, 0.1) is 13.8 Å². The molecule has 9 nitrogen and oxygen atoms in total. The second kappa shape index (κ2) is 11.4. The van der Waals surface area contributed by atoms with Gasteiger partial charge in [0, 0.05) is 5.69 Å². The summed E-state index contributed by atoms with van der Waals surface area (Å²) < 4.78 is 11.4. The average molecular weight is 514 g/mol. The summed E-state index contributed by atoms with van der Waals surface area (Å²) >= 11 is 0. The van der Waals surface area contributed by atoms with Gasteiger partial charge in [0.15, 0.2) is 18.1 Å². The minimum atomic E-state index is -0.818. The van der Waals surface area contributed by atoms with E-state index in [1.54, 1.807) is 55.5 Å². The first-order chi connectivity index (χ1) is 18.3. The fourth-order valence-corrected chi connectivity index (χ4v) is 3.92. The molecule has 9 heteroatoms. The van der Waals surface area contributed by atoms with Crippen molar-refractivity contribution < 1.29 is 28.7 Å². The number of barbiturate groups is 1. The van der Waals surface area contributed by atoms with E-state index in [0.717, 1.165) is 16.0 Å². The monoisotopic (exact) mass is 513 g/mol. The maximum Gasteiger partial charge on any atom is 0.335 e. The summed E-state index contributed by atoms with van der Waals surface area (Å²) in [5.41, 5.74) is 3.35. The van der Waals surface area contributed by atoms with Crippen molar-refractivity contribution in [3.63, 3.8) is 0 Å². The Balaban J connectivity index is 1.52. The molecule has 1 aliphatic rings. The standard InChI is InChI=1S/C29H27N3O6/c1-4-37-25-16-20(11-13-24(25)38-17-26(33)30-23-12-10-18(2)14-19(23)3)15-22-27(34)31-29(36)32(28(22)35)21-8-6-5-7-9-21/h5-16H,4,17H2,1-3H3,(H,30,33)(H,31,34,36)/b22-15-. The molecule has 2 N–H and O–H groups in total. The van der Waals surface area contributed by atoms with Gasteiger partial charge in [0.1, 0.15) is 5.57 Å². The number of urea groups is 1. The summed E-state index contributed by atoms with van der Waals surface area (Å²) in [4.78, 5) is 51.3. The lowest BCUT2D eigenvalue weighted by Gasteiger charge is -2.26. The fraction of sp³-hybridized carbons (Fsp3) is 0.172. The van der Waals surface area contributed by atoms with Gasteiger partial charge in [-0.2, -0.15) is 0 Å². The predicted octanol–water partition coefficient (Wildman–Crippen LogP) is 4.39. The van der Waals surface area contributed by atoms with Crippen LogP contribution in [-0.2, 0) is 14.4 Å². The molecular formula is C29H27N3O6. The zero-order valence-corrected chi connectivity index (χ0v) is 21.2. The molecule has 38 heavy (non-hydrogen) atoms. The lowest BCUT2D eigenvalue weighted by atomic mass is 10.1. The van der Waals surface area contributed by atoms with Crippen molar-refractivity contribution in [3.8, 4) is 11.5 Å². The van der Waals surface area contributed by atoms with E-state index in [-0.39, 0.29) is 18.1 Å². The molecule has 0 spiro atoms. The Kier molecular flexibility index (Phi) is 7.86. The van der Waals surface area contributed by atoms with Crippen LogP contribution in [0.5, 0.6) is 11.5 Å². The number of para-hydroxylation sites is 1. The number of anilines is 2. The number of hydrogen-bond acceptors (Lipinski definition) is 6. The highest BCUT2D eigenvalue weighted by Crippen LogP contribution is 2.30. The molecule has 5 amide bonds. The molecule has 194 valence electrons. The van der Waals surface area contributed by atoms with E-state index >= 15 is 0 Å². The van der Waals surface area contributed by atoms with Gasteiger partial charge < -0.3 is 14.8 Å². The summed E-state index contributed by atoms with van der Waals surface area (Å²) in [6.07, 6.45) is 1.37. The Bertz CT molecular complexity index is 1430. The number of imide groups is 2. The Morgan fingerprint density at radius 2 is 1.71 bits per heavy atom. The minimum Gasteiger partial charge on any atom is -0.490 e. The quantitative estimate of drug-likeness (QED) is 0.341. The predicted molar refractivity (Wildman–Crippen MR) is 143 cm³/mol. The second-order valence-corrected chi connectivity index (χ2v) is 8.59. The zero-order chi connectivity index (χ0) is 27.2. The van der Waals surface area contributed by atoms with Crippen LogP contribution in [0.1, 0.15) is 23.6 Å². The smallest absolute Gasteiger partial charge is 0.335 e. The number of amides is 5. The summed E-state index contributed by atoms with van der Waals surface area (Å²) in [6, 6.07) is 18.0. The third kappa shape index (κ3) is 5.89. The maximum absolute atomic E-state index is 13.1. The number of benzene rings is 3. The summed E-state index contributed by atoms with van der Waals surface area (Å²) in [5.74, 6) is -1.22. The van der Waals surface area contributed by atoms with Crippen LogP contribution >= 0.6 is 0 Å². The summed E-state index contributed by atoms with van der Waals surface area (Å²) in [7, 11) is 0. The van der Waals surface area contributed by atoms with E-state index in [0.29, 0.717) is 35.0 Å². The van der Waals surface area contributed by atoms with Crippen LogP contribution in [0.25, 0.3) is 6.08 Å². The highest BCUT2D eigenvalue weighted by molar-refractivity contribution is 6.39. The maximum atomic E-state index is 13.1. The molecule has 1 fully saturated rings. The number of ether oxygens (including phenoxy) is 2. The van der Waals surface area contributed by atoms with Gasteiger partial charge in [-0.25, -0.2) is 9.69 Å². The van der Waals surface area contributed by atoms with Crippen molar-refractivity contribution in [3.05, 3.63) is 89.0 Å². The van der Waals surface area contributed by atoms with Crippen molar-refractivity contribution in [2.45, 2.75) is 20.8 Å². The van der Waals surface area contributed by atoms with Crippen LogP contribution in [0.3, 0.4) is 0 Å². The van der Waals surface area contributed by atoms with Gasteiger partial charge in [-0.1, -0.05) is 42.0 Å². The number of aryl methyl sites for hydroxylation is 2. The van der Waals surface area contributed by atoms with E-state index in [1.807, 2.05) is 32.0 Å². The normalized spacial score (nSPS) is 14.3. The van der Waals surface area contributed by atoms with E-state index < -0.39 is 17.8 Å². The van der Waals surface area contributed by atoms with Gasteiger partial charge in [-0.3, -0.25) is 19.7 Å². The lowest BCUT2D eigenvalue weighted by Crippen LogP contribution is -2.54. The molecule has 4 rings (SSSR count). The number of hydrogen-bond donors (Lipinski definition) is 2. The van der Waals surface area contributed by atoms with Crippen LogP contribution in [0.15, 0.2) is 72.3 Å². The first-order valence-electron chi connectivity index (χ1n) is 12.0. The third-order valence-corrected chi connectivity index (χ3v) is 5.71. The van der Waals surface area contributed by atoms with Crippen LogP contribution in [0.4, 0.5) is 16.2 Å². The molecule has 1 aliphatic heterocycles. The topological polar surface area (TPSA) is 114 Å². The molecule has 0 aliphatic carbocycles.